The highest BCUT2D eigenvalue weighted by Crippen LogP contribution is 2.27. The van der Waals surface area contributed by atoms with Gasteiger partial charge < -0.3 is 10.1 Å². The van der Waals surface area contributed by atoms with Crippen LogP contribution in [0.5, 0.6) is 0 Å². The SMILES string of the molecule is Cc1cc(C(=O)OCC(=O)Nc2c(C)cccc2C(C)C)c2cnn(C(C)C)c2n1. The van der Waals surface area contributed by atoms with Crippen molar-refractivity contribution in [3.05, 3.63) is 52.8 Å². The van der Waals surface area contributed by atoms with Crippen LogP contribution in [0.15, 0.2) is 30.5 Å². The smallest absolute Gasteiger partial charge is 0.339 e. The predicted molar refractivity (Wildman–Crippen MR) is 117 cm³/mol. The Morgan fingerprint density at radius 2 is 1.90 bits per heavy atom. The maximum Gasteiger partial charge on any atom is 0.339 e. The minimum Gasteiger partial charge on any atom is -0.452 e. The summed E-state index contributed by atoms with van der Waals surface area (Å²) in [4.78, 5) is 29.7. The van der Waals surface area contributed by atoms with Crippen molar-refractivity contribution in [2.45, 2.75) is 53.5 Å². The topological polar surface area (TPSA) is 86.1 Å². The molecule has 0 saturated carbocycles. The van der Waals surface area contributed by atoms with Crippen LogP contribution < -0.4 is 5.32 Å². The first-order valence-corrected chi connectivity index (χ1v) is 10.1. The highest BCUT2D eigenvalue weighted by Gasteiger charge is 2.19. The summed E-state index contributed by atoms with van der Waals surface area (Å²) < 4.78 is 7.08. The molecule has 0 atom stereocenters. The third kappa shape index (κ3) is 4.35. The van der Waals surface area contributed by atoms with E-state index in [1.54, 1.807) is 16.9 Å². The lowest BCUT2D eigenvalue weighted by molar-refractivity contribution is -0.119. The van der Waals surface area contributed by atoms with Gasteiger partial charge in [0.2, 0.25) is 0 Å². The summed E-state index contributed by atoms with van der Waals surface area (Å²) in [6.07, 6.45) is 1.61. The molecular weight excluding hydrogens is 380 g/mol. The highest BCUT2D eigenvalue weighted by atomic mass is 16.5. The molecule has 30 heavy (non-hydrogen) atoms. The number of nitrogens with zero attached hydrogens (tertiary/aromatic N) is 3. The van der Waals surface area contributed by atoms with Gasteiger partial charge in [-0.3, -0.25) is 4.79 Å². The number of hydrogen-bond donors (Lipinski definition) is 1. The van der Waals surface area contributed by atoms with E-state index in [0.717, 1.165) is 16.8 Å². The second kappa shape index (κ2) is 8.65. The third-order valence-electron chi connectivity index (χ3n) is 4.93. The first kappa shape index (κ1) is 21.5. The Labute approximate surface area is 176 Å². The van der Waals surface area contributed by atoms with Gasteiger partial charge in [0.05, 0.1) is 17.1 Å². The van der Waals surface area contributed by atoms with Gasteiger partial charge in [-0.25, -0.2) is 14.5 Å². The number of carbonyl (C=O) groups excluding carboxylic acids is 2. The fourth-order valence-corrected chi connectivity index (χ4v) is 3.42. The van der Waals surface area contributed by atoms with Crippen molar-refractivity contribution in [3.8, 4) is 0 Å². The van der Waals surface area contributed by atoms with Crippen molar-refractivity contribution in [2.75, 3.05) is 11.9 Å². The largest absolute Gasteiger partial charge is 0.452 e. The van der Waals surface area contributed by atoms with Gasteiger partial charge in [0.15, 0.2) is 12.3 Å². The van der Waals surface area contributed by atoms with Crippen molar-refractivity contribution in [1.82, 2.24) is 14.8 Å². The van der Waals surface area contributed by atoms with E-state index in [0.29, 0.717) is 22.3 Å². The van der Waals surface area contributed by atoms with Gasteiger partial charge in [-0.05, 0) is 50.8 Å². The van der Waals surface area contributed by atoms with E-state index in [9.17, 15) is 9.59 Å². The molecule has 7 nitrogen and oxygen atoms in total. The van der Waals surface area contributed by atoms with Crippen LogP contribution in [0.2, 0.25) is 0 Å². The second-order valence-electron chi connectivity index (χ2n) is 8.05. The van der Waals surface area contributed by atoms with Crippen molar-refractivity contribution >= 4 is 28.6 Å². The van der Waals surface area contributed by atoms with E-state index in [2.05, 4.69) is 29.2 Å². The second-order valence-corrected chi connectivity index (χ2v) is 8.05. The van der Waals surface area contributed by atoms with Crippen LogP contribution in [0.3, 0.4) is 0 Å². The molecule has 0 bridgehead atoms. The Morgan fingerprint density at radius 3 is 2.57 bits per heavy atom. The summed E-state index contributed by atoms with van der Waals surface area (Å²) in [6, 6.07) is 7.66. The van der Waals surface area contributed by atoms with Crippen molar-refractivity contribution in [3.63, 3.8) is 0 Å². The fraction of sp³-hybridized carbons (Fsp3) is 0.391. The number of ether oxygens (including phenoxy) is 1. The van der Waals surface area contributed by atoms with E-state index < -0.39 is 5.97 Å². The number of fused-ring (bicyclic) bond motifs is 1. The molecule has 1 amide bonds. The van der Waals surface area contributed by atoms with Crippen LogP contribution >= 0.6 is 0 Å². The van der Waals surface area contributed by atoms with Crippen molar-refractivity contribution < 1.29 is 14.3 Å². The number of amides is 1. The number of para-hydroxylation sites is 1. The third-order valence-corrected chi connectivity index (χ3v) is 4.93. The summed E-state index contributed by atoms with van der Waals surface area (Å²) in [5.41, 5.74) is 4.45. The molecule has 0 aliphatic rings. The number of anilines is 1. The number of carbonyl (C=O) groups is 2. The normalized spacial score (nSPS) is 11.3. The number of nitrogens with one attached hydrogen (secondary N) is 1. The monoisotopic (exact) mass is 408 g/mol. The van der Waals surface area contributed by atoms with Gasteiger partial charge in [0.1, 0.15) is 0 Å². The average molecular weight is 409 g/mol. The van der Waals surface area contributed by atoms with Gasteiger partial charge >= 0.3 is 5.97 Å². The fourth-order valence-electron chi connectivity index (χ4n) is 3.42. The number of pyridine rings is 1. The first-order chi connectivity index (χ1) is 14.2. The summed E-state index contributed by atoms with van der Waals surface area (Å²) in [6.45, 7) is 11.5. The molecule has 3 rings (SSSR count). The number of aryl methyl sites for hydroxylation is 2. The Hall–Kier alpha value is -3.22. The standard InChI is InChI=1S/C23H28N4O3/c1-13(2)17-9-7-8-15(5)21(17)26-20(28)12-30-23(29)18-10-16(6)25-22-19(18)11-24-27(22)14(3)4/h7-11,13-14H,12H2,1-6H3,(H,26,28). The maximum atomic E-state index is 12.7. The van der Waals surface area contributed by atoms with Gasteiger partial charge in [-0.1, -0.05) is 32.0 Å². The molecule has 1 aromatic carbocycles. The summed E-state index contributed by atoms with van der Waals surface area (Å²) in [5, 5.41) is 7.83. The molecular formula is C23H28N4O3. The molecule has 158 valence electrons. The summed E-state index contributed by atoms with van der Waals surface area (Å²) >= 11 is 0. The Balaban J connectivity index is 1.76. The molecule has 3 aromatic rings. The van der Waals surface area contributed by atoms with E-state index in [1.165, 1.54) is 0 Å². The number of hydrogen-bond acceptors (Lipinski definition) is 5. The predicted octanol–water partition coefficient (Wildman–Crippen LogP) is 4.55. The maximum absolute atomic E-state index is 12.7. The molecule has 7 heteroatoms. The van der Waals surface area contributed by atoms with Gasteiger partial charge in [-0.15, -0.1) is 0 Å². The lowest BCUT2D eigenvalue weighted by Crippen LogP contribution is -2.22. The molecule has 0 fully saturated rings. The first-order valence-electron chi connectivity index (χ1n) is 10.1. The zero-order valence-electron chi connectivity index (χ0n) is 18.3. The molecule has 0 unspecified atom stereocenters. The molecule has 0 aliphatic carbocycles. The molecule has 0 aliphatic heterocycles. The molecule has 0 saturated heterocycles. The van der Waals surface area contributed by atoms with Crippen molar-refractivity contribution in [2.24, 2.45) is 0 Å². The van der Waals surface area contributed by atoms with Crippen LogP contribution in [0, 0.1) is 13.8 Å². The van der Waals surface area contributed by atoms with Crippen LogP contribution in [0.25, 0.3) is 11.0 Å². The van der Waals surface area contributed by atoms with Crippen LogP contribution in [0.4, 0.5) is 5.69 Å². The quantitative estimate of drug-likeness (QED) is 0.605. The lowest BCUT2D eigenvalue weighted by atomic mass is 9.98. The molecule has 1 N–H and O–H groups in total. The van der Waals surface area contributed by atoms with Crippen molar-refractivity contribution in [1.29, 1.82) is 0 Å². The van der Waals surface area contributed by atoms with Crippen LogP contribution in [0.1, 0.15) is 66.8 Å². The zero-order valence-corrected chi connectivity index (χ0v) is 18.3. The molecule has 2 heterocycles. The number of esters is 1. The Bertz CT molecular complexity index is 1100. The van der Waals surface area contributed by atoms with Gasteiger partial charge in [-0.2, -0.15) is 5.10 Å². The number of benzene rings is 1. The summed E-state index contributed by atoms with van der Waals surface area (Å²) in [5.74, 6) is -0.689. The number of aromatic nitrogens is 3. The van der Waals surface area contributed by atoms with Crippen LogP contribution in [-0.4, -0.2) is 33.2 Å². The molecule has 0 radical (unpaired) electrons. The van der Waals surface area contributed by atoms with Crippen LogP contribution in [-0.2, 0) is 9.53 Å². The average Bonchev–Trinajstić information content (AvgIpc) is 3.10. The molecule has 0 spiro atoms. The minimum atomic E-state index is -0.571. The van der Waals surface area contributed by atoms with E-state index >= 15 is 0 Å². The van der Waals surface area contributed by atoms with E-state index in [4.69, 9.17) is 4.74 Å². The lowest BCUT2D eigenvalue weighted by Gasteiger charge is -2.16. The minimum absolute atomic E-state index is 0.107. The van der Waals surface area contributed by atoms with Gasteiger partial charge in [0, 0.05) is 17.4 Å². The van der Waals surface area contributed by atoms with E-state index in [1.807, 2.05) is 45.9 Å². The highest BCUT2D eigenvalue weighted by molar-refractivity contribution is 6.04. The van der Waals surface area contributed by atoms with E-state index in [-0.39, 0.29) is 24.5 Å². The summed E-state index contributed by atoms with van der Waals surface area (Å²) in [7, 11) is 0. The molecule has 2 aromatic heterocycles. The number of rotatable bonds is 6. The Kier molecular flexibility index (Phi) is 6.20. The van der Waals surface area contributed by atoms with Gasteiger partial charge in [0.25, 0.3) is 5.91 Å². The zero-order chi connectivity index (χ0) is 22.0. The Morgan fingerprint density at radius 1 is 1.17 bits per heavy atom.